The van der Waals surface area contributed by atoms with Gasteiger partial charge in [0.2, 0.25) is 10.0 Å². The van der Waals surface area contributed by atoms with E-state index >= 15 is 0 Å². The number of ether oxygens (including phenoxy) is 1. The number of rotatable bonds is 5. The number of aryl methyl sites for hydroxylation is 2. The van der Waals surface area contributed by atoms with Crippen LogP contribution in [0.1, 0.15) is 27.0 Å². The van der Waals surface area contributed by atoms with Crippen molar-refractivity contribution in [2.75, 3.05) is 11.8 Å². The maximum absolute atomic E-state index is 12.7. The second-order valence-corrected chi connectivity index (χ2v) is 8.38. The van der Waals surface area contributed by atoms with E-state index in [4.69, 9.17) is 0 Å². The zero-order valence-electron chi connectivity index (χ0n) is 14.9. The van der Waals surface area contributed by atoms with Crippen molar-refractivity contribution in [2.24, 2.45) is 0 Å². The van der Waals surface area contributed by atoms with Crippen molar-refractivity contribution in [3.05, 3.63) is 76.9 Å². The minimum atomic E-state index is -3.59. The molecule has 0 aliphatic heterocycles. The van der Waals surface area contributed by atoms with Gasteiger partial charge in [0.25, 0.3) is 0 Å². The molecule has 0 heterocycles. The lowest BCUT2D eigenvalue weighted by atomic mass is 10.0. The Kier molecular flexibility index (Phi) is 4.36. The van der Waals surface area contributed by atoms with Gasteiger partial charge in [0, 0.05) is 5.39 Å². The second kappa shape index (κ2) is 6.70. The summed E-state index contributed by atoms with van der Waals surface area (Å²) in [6.07, 6.45) is 1.99. The molecule has 6 heteroatoms. The van der Waals surface area contributed by atoms with Gasteiger partial charge in [0.1, 0.15) is 0 Å². The predicted octanol–water partition coefficient (Wildman–Crippen LogP) is 3.67. The van der Waals surface area contributed by atoms with E-state index in [0.717, 1.165) is 18.2 Å². The van der Waals surface area contributed by atoms with Crippen LogP contribution in [0.5, 0.6) is 0 Å². The van der Waals surface area contributed by atoms with E-state index in [9.17, 15) is 13.2 Å². The Morgan fingerprint density at radius 3 is 2.41 bits per heavy atom. The predicted molar refractivity (Wildman–Crippen MR) is 105 cm³/mol. The topological polar surface area (TPSA) is 72.5 Å². The molecule has 0 bridgehead atoms. The smallest absolute Gasteiger partial charge is 0.337 e. The van der Waals surface area contributed by atoms with Crippen LogP contribution in [0.2, 0.25) is 0 Å². The summed E-state index contributed by atoms with van der Waals surface area (Å²) in [6.45, 7) is 0. The molecule has 27 heavy (non-hydrogen) atoms. The molecule has 1 aliphatic rings. The molecule has 0 spiro atoms. The molecule has 0 radical (unpaired) electrons. The second-order valence-electron chi connectivity index (χ2n) is 6.66. The molecule has 0 saturated heterocycles. The summed E-state index contributed by atoms with van der Waals surface area (Å²) in [7, 11) is -2.28. The molecule has 0 unspecified atom stereocenters. The van der Waals surface area contributed by atoms with Crippen LogP contribution in [0.3, 0.4) is 0 Å². The lowest BCUT2D eigenvalue weighted by molar-refractivity contribution is 0.0600. The first-order valence-corrected chi connectivity index (χ1v) is 10.3. The van der Waals surface area contributed by atoms with Crippen molar-refractivity contribution in [3.8, 4) is 0 Å². The van der Waals surface area contributed by atoms with Crippen LogP contribution in [-0.4, -0.2) is 21.5 Å². The summed E-state index contributed by atoms with van der Waals surface area (Å²) in [6, 6.07) is 16.2. The minimum Gasteiger partial charge on any atom is -0.465 e. The fraction of sp³-hybridized carbons (Fsp3) is 0.190. The number of methoxy groups -OCH3 is 1. The summed E-state index contributed by atoms with van der Waals surface area (Å²) in [5, 5.41) is 2.10. The molecule has 0 fully saturated rings. The minimum absolute atomic E-state index is 0.169. The van der Waals surface area contributed by atoms with E-state index in [1.54, 1.807) is 24.3 Å². The highest BCUT2D eigenvalue weighted by atomic mass is 32.2. The van der Waals surface area contributed by atoms with Crippen LogP contribution in [0.4, 0.5) is 5.69 Å². The Labute approximate surface area is 158 Å². The van der Waals surface area contributed by atoms with Gasteiger partial charge in [-0.1, -0.05) is 36.4 Å². The first-order valence-electron chi connectivity index (χ1n) is 8.68. The van der Waals surface area contributed by atoms with Gasteiger partial charge in [-0.2, -0.15) is 0 Å². The highest BCUT2D eigenvalue weighted by molar-refractivity contribution is 7.91. The van der Waals surface area contributed by atoms with Gasteiger partial charge in [-0.05, 0) is 53.1 Å². The third kappa shape index (κ3) is 3.40. The average Bonchev–Trinajstić information content (AvgIpc) is 3.08. The van der Waals surface area contributed by atoms with Crippen molar-refractivity contribution in [2.45, 2.75) is 18.6 Å². The van der Waals surface area contributed by atoms with Gasteiger partial charge in [0.05, 0.1) is 24.1 Å². The summed E-state index contributed by atoms with van der Waals surface area (Å²) in [4.78, 5) is 11.5. The normalized spacial score (nSPS) is 12.9. The highest BCUT2D eigenvalue weighted by Gasteiger charge is 2.19. The van der Waals surface area contributed by atoms with Crippen LogP contribution in [0.25, 0.3) is 10.8 Å². The molecule has 3 aromatic rings. The van der Waals surface area contributed by atoms with Gasteiger partial charge >= 0.3 is 5.97 Å². The third-order valence-electron chi connectivity index (χ3n) is 4.87. The van der Waals surface area contributed by atoms with E-state index < -0.39 is 16.0 Å². The average molecular weight is 381 g/mol. The van der Waals surface area contributed by atoms with Crippen LogP contribution in [0, 0.1) is 0 Å². The SMILES string of the molecule is COC(=O)c1ccc(CS(=O)(=O)Nc2ccc3c4c(cccc24)CC3)cc1. The molecule has 0 amide bonds. The van der Waals surface area contributed by atoms with Crippen molar-refractivity contribution < 1.29 is 17.9 Å². The first kappa shape index (κ1) is 17.5. The fourth-order valence-corrected chi connectivity index (χ4v) is 4.83. The van der Waals surface area contributed by atoms with Crippen molar-refractivity contribution in [1.29, 1.82) is 0 Å². The number of esters is 1. The Morgan fingerprint density at radius 1 is 1.00 bits per heavy atom. The number of carbonyl (C=O) groups excluding carboxylic acids is 1. The number of benzene rings is 3. The number of sulfonamides is 1. The van der Waals surface area contributed by atoms with Crippen molar-refractivity contribution in [1.82, 2.24) is 0 Å². The lowest BCUT2D eigenvalue weighted by Gasteiger charge is -2.12. The van der Waals surface area contributed by atoms with Crippen LogP contribution < -0.4 is 4.72 Å². The monoisotopic (exact) mass is 381 g/mol. The summed E-state index contributed by atoms with van der Waals surface area (Å²) < 4.78 is 32.7. The highest BCUT2D eigenvalue weighted by Crippen LogP contribution is 2.35. The van der Waals surface area contributed by atoms with E-state index in [0.29, 0.717) is 16.8 Å². The van der Waals surface area contributed by atoms with Crippen LogP contribution >= 0.6 is 0 Å². The molecule has 3 aromatic carbocycles. The van der Waals surface area contributed by atoms with Gasteiger partial charge in [0.15, 0.2) is 0 Å². The number of hydrogen-bond donors (Lipinski definition) is 1. The molecule has 0 atom stereocenters. The number of anilines is 1. The Hall–Kier alpha value is -2.86. The maximum atomic E-state index is 12.7. The van der Waals surface area contributed by atoms with Gasteiger partial charge < -0.3 is 4.74 Å². The van der Waals surface area contributed by atoms with E-state index in [1.165, 1.54) is 23.6 Å². The summed E-state index contributed by atoms with van der Waals surface area (Å²) in [5.74, 6) is -0.618. The molecule has 4 rings (SSSR count). The number of carbonyl (C=O) groups is 1. The van der Waals surface area contributed by atoms with Gasteiger partial charge in [-0.15, -0.1) is 0 Å². The zero-order valence-corrected chi connectivity index (χ0v) is 15.7. The van der Waals surface area contributed by atoms with Crippen molar-refractivity contribution in [3.63, 3.8) is 0 Å². The Morgan fingerprint density at radius 2 is 1.70 bits per heavy atom. The Bertz CT molecular complexity index is 1120. The van der Waals surface area contributed by atoms with E-state index in [-0.39, 0.29) is 5.75 Å². The van der Waals surface area contributed by atoms with Gasteiger partial charge in [-0.25, -0.2) is 13.2 Å². The third-order valence-corrected chi connectivity index (χ3v) is 6.12. The molecule has 1 N–H and O–H groups in total. The molecule has 0 aromatic heterocycles. The standard InChI is InChI=1S/C21H19NO4S/c1-26-21(23)17-7-5-14(6-8-17)13-27(24,25)22-19-12-11-16-10-9-15-3-2-4-18(19)20(15)16/h2-8,11-12,22H,9-10,13H2,1H3. The molecule has 138 valence electrons. The zero-order chi connectivity index (χ0) is 19.0. The van der Waals surface area contributed by atoms with E-state index in [2.05, 4.69) is 15.5 Å². The quantitative estimate of drug-likeness (QED) is 0.685. The molecule has 1 aliphatic carbocycles. The summed E-state index contributed by atoms with van der Waals surface area (Å²) >= 11 is 0. The number of nitrogens with one attached hydrogen (secondary N) is 1. The van der Waals surface area contributed by atoms with Crippen LogP contribution in [0.15, 0.2) is 54.6 Å². The Balaban J connectivity index is 1.59. The molecule has 5 nitrogen and oxygen atoms in total. The fourth-order valence-electron chi connectivity index (χ4n) is 3.61. The van der Waals surface area contributed by atoms with E-state index in [1.807, 2.05) is 24.3 Å². The van der Waals surface area contributed by atoms with Crippen LogP contribution in [-0.2, 0) is 33.4 Å². The first-order chi connectivity index (χ1) is 13.0. The molecule has 0 saturated carbocycles. The number of hydrogen-bond acceptors (Lipinski definition) is 4. The maximum Gasteiger partial charge on any atom is 0.337 e. The molecular weight excluding hydrogens is 362 g/mol. The summed E-state index contributed by atoms with van der Waals surface area (Å²) in [5.41, 5.74) is 4.12. The van der Waals surface area contributed by atoms with Crippen molar-refractivity contribution >= 4 is 32.5 Å². The molecular formula is C21H19NO4S. The largest absolute Gasteiger partial charge is 0.465 e. The van der Waals surface area contributed by atoms with Gasteiger partial charge in [-0.3, -0.25) is 4.72 Å². The lowest BCUT2D eigenvalue weighted by Crippen LogP contribution is -2.15.